The van der Waals surface area contributed by atoms with E-state index in [1.54, 1.807) is 0 Å². The van der Waals surface area contributed by atoms with E-state index in [9.17, 15) is 0 Å². The molecule has 3 heterocycles. The Morgan fingerprint density at radius 1 is 0.439 bits per heavy atom. The van der Waals surface area contributed by atoms with Crippen LogP contribution >= 0.6 is 0 Å². The van der Waals surface area contributed by atoms with E-state index in [1.165, 1.54) is 27.8 Å². The second-order valence-corrected chi connectivity index (χ2v) is 25.8. The standard InChI is InChI=1S/C76H70N4O.Pt/c1-73(2,3)54-28-19-27-52(41-54)53-35-38-67-66(42-53)64-37-36-61(48-69(64)80(67)70-46-55(39-40-77-70)74(4,5)6)81-60-30-20-29-58(47-60)78-49-79(59-44-56(75(7,8)9)43-57(45-59)76(10,11)12)72-65(33-22-34-68(72)78)71-62(50-23-15-13-16-24-50)31-21-32-63(71)51-25-17-14-18-26-51;/h13-46H,1-12H3;/q;+2. The number of rotatable bonds is 9. The van der Waals surface area contributed by atoms with Crippen molar-refractivity contribution in [3.8, 4) is 61.8 Å². The molecule has 0 aliphatic carbocycles. The van der Waals surface area contributed by atoms with Crippen LogP contribution in [0.1, 0.15) is 105 Å². The van der Waals surface area contributed by atoms with Gasteiger partial charge in [-0.15, -0.1) is 23.6 Å². The minimum Gasteiger partial charge on any atom is -0.509 e. The number of pyridine rings is 1. The van der Waals surface area contributed by atoms with Gasteiger partial charge in [0.15, 0.2) is 0 Å². The van der Waals surface area contributed by atoms with Crippen molar-refractivity contribution in [2.24, 2.45) is 0 Å². The maximum atomic E-state index is 6.91. The summed E-state index contributed by atoms with van der Waals surface area (Å²) in [6.07, 6.45) is 1.92. The number of hydrogen-bond donors (Lipinski definition) is 0. The van der Waals surface area contributed by atoms with Crippen LogP contribution in [0.4, 0.5) is 22.7 Å². The molecule has 0 amide bonds. The predicted octanol–water partition coefficient (Wildman–Crippen LogP) is 20.3. The number of hydrogen-bond acceptors (Lipinski definition) is 2. The fourth-order valence-electron chi connectivity index (χ4n) is 11.2. The Hall–Kier alpha value is -8.20. The molecule has 0 radical (unpaired) electrons. The summed E-state index contributed by atoms with van der Waals surface area (Å²) in [7, 11) is 0. The molecule has 0 atom stereocenters. The Kier molecular flexibility index (Phi) is 14.5. The van der Waals surface area contributed by atoms with Crippen LogP contribution in [0.3, 0.4) is 0 Å². The SMILES string of the molecule is CC(C)(C)c1cccc(-c2ccc3c(c2)c2ccc(Oc4[c-]c([N+]5=C=[N+](c6cc(C(C)(C)C)cc(C(C)(C)C)c6)c6c(-c7c(-c8ccccc8)cccc7-c7ccccc7)cccc65)ccc4)[c-]c2n3-c2cc(C(C)(C)C)ccn2)c1.[Pt+2]. The van der Waals surface area contributed by atoms with Crippen molar-refractivity contribution in [1.82, 2.24) is 18.7 Å². The molecule has 1 aliphatic rings. The normalized spacial score (nSPS) is 12.7. The third-order valence-electron chi connectivity index (χ3n) is 15.9. The molecule has 82 heavy (non-hydrogen) atoms. The Morgan fingerprint density at radius 2 is 1.00 bits per heavy atom. The molecule has 408 valence electrons. The van der Waals surface area contributed by atoms with Gasteiger partial charge in [-0.1, -0.05) is 233 Å². The van der Waals surface area contributed by atoms with Crippen LogP contribution in [-0.2, 0) is 42.7 Å². The van der Waals surface area contributed by atoms with Gasteiger partial charge in [0.25, 0.3) is 5.69 Å². The van der Waals surface area contributed by atoms with Crippen LogP contribution < -0.4 is 13.9 Å². The third kappa shape index (κ3) is 10.7. The molecule has 0 saturated carbocycles. The number of benzene rings is 9. The summed E-state index contributed by atoms with van der Waals surface area (Å²) in [6, 6.07) is 83.7. The van der Waals surface area contributed by atoms with E-state index in [-0.39, 0.29) is 42.7 Å². The van der Waals surface area contributed by atoms with Gasteiger partial charge in [-0.3, -0.25) is 0 Å². The van der Waals surface area contributed by atoms with Crippen molar-refractivity contribution in [1.29, 1.82) is 0 Å². The van der Waals surface area contributed by atoms with Crippen LogP contribution in [-0.4, -0.2) is 15.6 Å². The second kappa shape index (κ2) is 21.3. The summed E-state index contributed by atoms with van der Waals surface area (Å²) in [4.78, 5) is 5.01. The third-order valence-corrected chi connectivity index (χ3v) is 15.9. The van der Waals surface area contributed by atoms with Gasteiger partial charge in [0.05, 0.1) is 5.56 Å². The van der Waals surface area contributed by atoms with Crippen molar-refractivity contribution < 1.29 is 25.8 Å². The first-order valence-electron chi connectivity index (χ1n) is 28.4. The zero-order valence-electron chi connectivity index (χ0n) is 49.1. The van der Waals surface area contributed by atoms with Gasteiger partial charge < -0.3 is 9.30 Å². The van der Waals surface area contributed by atoms with Crippen LogP contribution in [0.25, 0.3) is 72.1 Å². The zero-order valence-corrected chi connectivity index (χ0v) is 51.4. The number of aromatic nitrogens is 2. The fourth-order valence-corrected chi connectivity index (χ4v) is 11.2. The van der Waals surface area contributed by atoms with E-state index >= 15 is 0 Å². The average molecular weight is 1250 g/mol. The van der Waals surface area contributed by atoms with Crippen molar-refractivity contribution in [3.05, 3.63) is 241 Å². The van der Waals surface area contributed by atoms with Gasteiger partial charge in [-0.25, -0.2) is 4.98 Å². The molecular weight excluding hydrogens is 1180 g/mol. The zero-order chi connectivity index (χ0) is 56.6. The van der Waals surface area contributed by atoms with Gasteiger partial charge in [0, 0.05) is 47.0 Å². The molecule has 0 bridgehead atoms. The summed E-state index contributed by atoms with van der Waals surface area (Å²) >= 11 is 0. The molecule has 0 fully saturated rings. The molecule has 9 aromatic carbocycles. The molecule has 0 unspecified atom stereocenters. The Morgan fingerprint density at radius 3 is 1.65 bits per heavy atom. The van der Waals surface area contributed by atoms with Crippen LogP contribution in [0.15, 0.2) is 206 Å². The molecule has 12 rings (SSSR count). The van der Waals surface area contributed by atoms with Crippen LogP contribution in [0.5, 0.6) is 11.5 Å². The monoisotopic (exact) mass is 1250 g/mol. The number of nitrogens with zero attached hydrogens (tertiary/aromatic N) is 4. The Labute approximate surface area is 499 Å². The number of ether oxygens (including phenoxy) is 1. The molecule has 5 nitrogen and oxygen atoms in total. The fraction of sp³-hybridized carbons (Fsp3) is 0.211. The second-order valence-electron chi connectivity index (χ2n) is 25.8. The smallest absolute Gasteiger partial charge is 0.509 e. The summed E-state index contributed by atoms with van der Waals surface area (Å²) in [5.41, 5.74) is 19.7. The topological polar surface area (TPSA) is 33.1 Å². The Bertz CT molecular complexity index is 4230. The van der Waals surface area contributed by atoms with E-state index in [4.69, 9.17) is 9.72 Å². The summed E-state index contributed by atoms with van der Waals surface area (Å²) < 4.78 is 13.6. The molecule has 0 spiro atoms. The van der Waals surface area contributed by atoms with Gasteiger partial charge in [0.2, 0.25) is 5.69 Å². The minimum atomic E-state index is -0.111. The predicted molar refractivity (Wildman–Crippen MR) is 340 cm³/mol. The first kappa shape index (κ1) is 55.7. The van der Waals surface area contributed by atoms with Crippen molar-refractivity contribution >= 4 is 50.6 Å². The largest absolute Gasteiger partial charge is 2.00 e. The van der Waals surface area contributed by atoms with E-state index in [1.807, 2.05) is 24.4 Å². The van der Waals surface area contributed by atoms with Gasteiger partial charge in [0.1, 0.15) is 11.5 Å². The van der Waals surface area contributed by atoms with E-state index < -0.39 is 0 Å². The molecule has 6 heteroatoms. The molecular formula is C76H70N4OPt+2. The summed E-state index contributed by atoms with van der Waals surface area (Å²) in [5.74, 6) is 1.96. The van der Waals surface area contributed by atoms with Gasteiger partial charge in [-0.2, -0.15) is 12.1 Å². The summed E-state index contributed by atoms with van der Waals surface area (Å²) in [5, 5.41) is 2.19. The van der Waals surface area contributed by atoms with Gasteiger partial charge in [-0.05, 0) is 112 Å². The maximum absolute atomic E-state index is 6.91. The molecule has 2 aromatic heterocycles. The molecule has 11 aromatic rings. The van der Waals surface area contributed by atoms with Gasteiger partial charge >= 0.3 is 32.8 Å². The van der Waals surface area contributed by atoms with E-state index in [2.05, 4.69) is 297 Å². The van der Waals surface area contributed by atoms with Crippen LogP contribution in [0, 0.1) is 12.1 Å². The van der Waals surface area contributed by atoms with Crippen molar-refractivity contribution in [3.63, 3.8) is 0 Å². The average Bonchev–Trinajstić information content (AvgIpc) is 2.52. The molecule has 0 N–H and O–H groups in total. The first-order chi connectivity index (χ1) is 38.7. The molecule has 0 saturated heterocycles. The van der Waals surface area contributed by atoms with Crippen molar-refractivity contribution in [2.75, 3.05) is 0 Å². The Balaban J connectivity index is 0.00000705. The molecule has 1 aliphatic heterocycles. The maximum Gasteiger partial charge on any atom is 2.00 e. The number of fused-ring (bicyclic) bond motifs is 4. The quantitative estimate of drug-likeness (QED) is 0.107. The number of para-hydroxylation sites is 1. The van der Waals surface area contributed by atoms with E-state index in [0.717, 1.165) is 89.3 Å². The summed E-state index contributed by atoms with van der Waals surface area (Å²) in [6.45, 7) is 27.3. The van der Waals surface area contributed by atoms with Crippen LogP contribution in [0.2, 0.25) is 0 Å². The van der Waals surface area contributed by atoms with E-state index in [0.29, 0.717) is 11.5 Å². The van der Waals surface area contributed by atoms with Crippen molar-refractivity contribution in [2.45, 2.75) is 105 Å². The first-order valence-corrected chi connectivity index (χ1v) is 28.4. The minimum absolute atomic E-state index is 0.